The maximum atomic E-state index is 12.8. The Morgan fingerprint density at radius 3 is 2.60 bits per heavy atom. The summed E-state index contributed by atoms with van der Waals surface area (Å²) in [6, 6.07) is 0. The first-order valence-electron chi connectivity index (χ1n) is 3.26. The quantitative estimate of drug-likeness (QED) is 0.408. The van der Waals surface area contributed by atoms with Crippen LogP contribution in [0.5, 0.6) is 0 Å². The van der Waals surface area contributed by atoms with E-state index in [9.17, 15) is 8.87 Å². The maximum absolute atomic E-state index is 12.8. The van der Waals surface area contributed by atoms with Crippen LogP contribution in [0.1, 0.15) is 20.3 Å². The molecule has 1 heterocycles. The number of aliphatic imine (C=N–C) groups is 1. The lowest BCUT2D eigenvalue weighted by atomic mass is 10.3. The third kappa shape index (κ3) is 1.03. The van der Waals surface area contributed by atoms with Gasteiger partial charge in [0.05, 0.1) is 6.21 Å². The largest absolute Gasteiger partial charge is 0.271 e. The fraction of sp³-hybridized carbons (Fsp3) is 0.833. The molecular weight excluding hydrogens is 138 g/mol. The van der Waals surface area contributed by atoms with Gasteiger partial charge in [0.2, 0.25) is 5.79 Å². The van der Waals surface area contributed by atoms with E-state index in [1.165, 1.54) is 0 Å². The molecule has 0 aromatic heterocycles. The highest BCUT2D eigenvalue weighted by Gasteiger charge is 2.40. The van der Waals surface area contributed by atoms with Crippen LogP contribution in [0.2, 0.25) is 0 Å². The van der Waals surface area contributed by atoms with E-state index < -0.39 is 12.0 Å². The van der Waals surface area contributed by atoms with Gasteiger partial charge in [0.25, 0.3) is 0 Å². The molecule has 0 amide bonds. The Morgan fingerprint density at radius 2 is 2.40 bits per heavy atom. The molecule has 0 N–H and O–H groups in total. The van der Waals surface area contributed by atoms with E-state index in [4.69, 9.17) is 0 Å². The molecule has 0 saturated heterocycles. The van der Waals surface area contributed by atoms with Crippen LogP contribution in [-0.2, 0) is 0 Å². The van der Waals surface area contributed by atoms with Crippen LogP contribution in [0.25, 0.3) is 0 Å². The third-order valence-corrected chi connectivity index (χ3v) is 1.53. The molecule has 4 heteroatoms. The second-order valence-electron chi connectivity index (χ2n) is 2.50. The van der Waals surface area contributed by atoms with Crippen LogP contribution in [0, 0.1) is 0 Å². The van der Waals surface area contributed by atoms with E-state index in [1.54, 1.807) is 6.92 Å². The normalized spacial score (nSPS) is 41.0. The Bertz CT molecular complexity index is 156. The van der Waals surface area contributed by atoms with Crippen molar-refractivity contribution in [3.8, 4) is 0 Å². The summed E-state index contributed by atoms with van der Waals surface area (Å²) in [7, 11) is 0. The van der Waals surface area contributed by atoms with Gasteiger partial charge < -0.3 is 0 Å². The smallest absolute Gasteiger partial charge is 0.224 e. The van der Waals surface area contributed by atoms with Crippen molar-refractivity contribution in [2.45, 2.75) is 32.2 Å². The summed E-state index contributed by atoms with van der Waals surface area (Å²) in [6.45, 7) is 2.90. The molecule has 1 aliphatic heterocycles. The number of nitrogens with zero attached hydrogens (tertiary/aromatic N) is 2. The van der Waals surface area contributed by atoms with Gasteiger partial charge in [0, 0.05) is 0 Å². The summed E-state index contributed by atoms with van der Waals surface area (Å²) in [5.41, 5.74) is 0. The molecular formula is C6H10F2N2. The molecule has 58 valence electrons. The monoisotopic (exact) mass is 148 g/mol. The molecule has 2 unspecified atom stereocenters. The van der Waals surface area contributed by atoms with Gasteiger partial charge >= 0.3 is 0 Å². The van der Waals surface area contributed by atoms with Crippen molar-refractivity contribution >= 4 is 6.21 Å². The van der Waals surface area contributed by atoms with Crippen molar-refractivity contribution in [3.05, 3.63) is 0 Å². The molecule has 1 aliphatic rings. The lowest BCUT2D eigenvalue weighted by Crippen LogP contribution is -2.37. The van der Waals surface area contributed by atoms with Gasteiger partial charge in [0.15, 0.2) is 0 Å². The first-order valence-corrected chi connectivity index (χ1v) is 3.26. The minimum atomic E-state index is -2.00. The first-order chi connectivity index (χ1) is 4.58. The van der Waals surface area contributed by atoms with Gasteiger partial charge in [0.1, 0.15) is 6.17 Å². The summed E-state index contributed by atoms with van der Waals surface area (Å²) in [6.07, 6.45) is 0.864. The Hall–Kier alpha value is -0.510. The highest BCUT2D eigenvalue weighted by atomic mass is 19.2. The molecule has 0 radical (unpaired) electrons. The highest BCUT2D eigenvalue weighted by Crippen LogP contribution is 2.26. The molecule has 0 fully saturated rings. The van der Waals surface area contributed by atoms with Gasteiger partial charge in [-0.05, 0) is 13.3 Å². The molecule has 10 heavy (non-hydrogen) atoms. The van der Waals surface area contributed by atoms with Gasteiger partial charge in [-0.1, -0.05) is 12.0 Å². The molecule has 1 rings (SSSR count). The van der Waals surface area contributed by atoms with Crippen LogP contribution >= 0.6 is 0 Å². The number of alkyl halides is 1. The van der Waals surface area contributed by atoms with E-state index in [0.29, 0.717) is 6.42 Å². The molecule has 0 spiro atoms. The predicted molar refractivity (Wildman–Crippen MR) is 35.0 cm³/mol. The van der Waals surface area contributed by atoms with E-state index in [2.05, 4.69) is 4.99 Å². The zero-order valence-corrected chi connectivity index (χ0v) is 6.01. The van der Waals surface area contributed by atoms with Crippen molar-refractivity contribution in [2.24, 2.45) is 4.99 Å². The van der Waals surface area contributed by atoms with Crippen LogP contribution < -0.4 is 0 Å². The Labute approximate surface area is 58.5 Å². The molecule has 0 aliphatic carbocycles. The second-order valence-corrected chi connectivity index (χ2v) is 2.50. The fourth-order valence-electron chi connectivity index (χ4n) is 0.893. The summed E-state index contributed by atoms with van der Waals surface area (Å²) in [5.74, 6) is -2.00. The van der Waals surface area contributed by atoms with Crippen LogP contribution in [-0.4, -0.2) is 23.3 Å². The average Bonchev–Trinajstić information content (AvgIpc) is 2.10. The third-order valence-electron chi connectivity index (χ3n) is 1.53. The van der Waals surface area contributed by atoms with E-state index in [0.717, 1.165) is 13.1 Å². The van der Waals surface area contributed by atoms with Gasteiger partial charge in [-0.15, -0.1) is 4.48 Å². The van der Waals surface area contributed by atoms with E-state index in [1.807, 2.05) is 0 Å². The van der Waals surface area contributed by atoms with Gasteiger partial charge in [-0.2, -0.15) is 0 Å². The Kier molecular flexibility index (Phi) is 1.72. The maximum Gasteiger partial charge on any atom is 0.224 e. The number of hydrogen-bond acceptors (Lipinski definition) is 2. The summed E-state index contributed by atoms with van der Waals surface area (Å²) in [5, 5.41) is 0.132. The second kappa shape index (κ2) is 2.27. The van der Waals surface area contributed by atoms with Crippen molar-refractivity contribution in [1.29, 1.82) is 0 Å². The fourth-order valence-corrected chi connectivity index (χ4v) is 0.893. The zero-order chi connectivity index (χ0) is 7.78. The first kappa shape index (κ1) is 7.60. The van der Waals surface area contributed by atoms with E-state index >= 15 is 0 Å². The lowest BCUT2D eigenvalue weighted by molar-refractivity contribution is -0.122. The molecule has 0 aromatic carbocycles. The number of halogens is 2. The summed E-state index contributed by atoms with van der Waals surface area (Å²) < 4.78 is 25.5. The minimum absolute atomic E-state index is 0.132. The van der Waals surface area contributed by atoms with Crippen LogP contribution in [0.15, 0.2) is 4.99 Å². The summed E-state index contributed by atoms with van der Waals surface area (Å²) in [4.78, 5) is 3.64. The predicted octanol–water partition coefficient (Wildman–Crippen LogP) is 1.68. The molecule has 0 aromatic rings. The topological polar surface area (TPSA) is 15.6 Å². The average molecular weight is 148 g/mol. The Morgan fingerprint density at radius 1 is 1.80 bits per heavy atom. The van der Waals surface area contributed by atoms with Crippen molar-refractivity contribution < 1.29 is 8.87 Å². The van der Waals surface area contributed by atoms with E-state index in [-0.39, 0.29) is 5.12 Å². The SMILES string of the molecule is CCC1N=CC(C)(F)N1F. The number of rotatable bonds is 1. The lowest BCUT2D eigenvalue weighted by Gasteiger charge is -2.19. The van der Waals surface area contributed by atoms with Crippen molar-refractivity contribution in [2.75, 3.05) is 0 Å². The zero-order valence-electron chi connectivity index (χ0n) is 6.01. The Balaban J connectivity index is 2.68. The standard InChI is InChI=1S/C6H10F2N2/c1-3-5-9-4-6(2,7)10(5)8/h4-5H,3H2,1-2H3. The molecule has 2 atom stereocenters. The van der Waals surface area contributed by atoms with Crippen LogP contribution in [0.3, 0.4) is 0 Å². The molecule has 0 saturated carbocycles. The van der Waals surface area contributed by atoms with Crippen molar-refractivity contribution in [3.63, 3.8) is 0 Å². The summed E-state index contributed by atoms with van der Waals surface area (Å²) >= 11 is 0. The molecule has 2 nitrogen and oxygen atoms in total. The van der Waals surface area contributed by atoms with Crippen LogP contribution in [0.4, 0.5) is 8.87 Å². The minimum Gasteiger partial charge on any atom is -0.271 e. The van der Waals surface area contributed by atoms with Gasteiger partial charge in [-0.25, -0.2) is 4.39 Å². The molecule has 0 bridgehead atoms. The highest BCUT2D eigenvalue weighted by molar-refractivity contribution is 5.69. The van der Waals surface area contributed by atoms with Crippen molar-refractivity contribution in [1.82, 2.24) is 5.12 Å². The number of hydrogen-bond donors (Lipinski definition) is 0. The van der Waals surface area contributed by atoms with Gasteiger partial charge in [-0.3, -0.25) is 4.99 Å².